The van der Waals surface area contributed by atoms with Gasteiger partial charge in [-0.1, -0.05) is 18.2 Å². The molecule has 0 spiro atoms. The Kier molecular flexibility index (Phi) is 5.03. The summed E-state index contributed by atoms with van der Waals surface area (Å²) in [4.78, 5) is 33.3. The fraction of sp³-hybridized carbons (Fsp3) is 0.143. The number of para-hydroxylation sites is 1. The van der Waals surface area contributed by atoms with E-state index in [9.17, 15) is 19.1 Å². The molecule has 7 nitrogen and oxygen atoms in total. The highest BCUT2D eigenvalue weighted by Crippen LogP contribution is 2.45. The number of ether oxygens (including phenoxy) is 1. The standard InChI is InChI=1S/C28H22FN3O4/c1-31-12-13-36-23-11-6-16(14-22(23)31)26(33)24-25(20-15-30-21-5-3-2-4-19(20)21)32(28(35)27(24)34)18-9-7-17(29)8-10-18/h2-11,14-15,25,30,33H,12-13H2,1H3/b26-24+. The van der Waals surface area contributed by atoms with Gasteiger partial charge in [0.05, 0.1) is 23.8 Å². The van der Waals surface area contributed by atoms with Crippen molar-refractivity contribution in [2.45, 2.75) is 6.04 Å². The van der Waals surface area contributed by atoms with Gasteiger partial charge >= 0.3 is 0 Å². The molecule has 6 rings (SSSR count). The fourth-order valence-electron chi connectivity index (χ4n) is 4.97. The highest BCUT2D eigenvalue weighted by molar-refractivity contribution is 6.51. The number of anilines is 2. The first-order valence-electron chi connectivity index (χ1n) is 11.5. The van der Waals surface area contributed by atoms with E-state index in [0.717, 1.165) is 16.6 Å². The maximum Gasteiger partial charge on any atom is 0.300 e. The number of carbonyl (C=O) groups excluding carboxylic acids is 2. The quantitative estimate of drug-likeness (QED) is 0.249. The molecule has 2 aliphatic rings. The number of rotatable bonds is 3. The van der Waals surface area contributed by atoms with E-state index in [1.165, 1.54) is 29.2 Å². The van der Waals surface area contributed by atoms with Crippen LogP contribution in [0.5, 0.6) is 5.75 Å². The Morgan fingerprint density at radius 3 is 2.67 bits per heavy atom. The molecule has 3 heterocycles. The zero-order chi connectivity index (χ0) is 25.0. The van der Waals surface area contributed by atoms with Crippen molar-refractivity contribution in [3.05, 3.63) is 95.4 Å². The number of nitrogens with one attached hydrogen (secondary N) is 1. The number of carbonyl (C=O) groups is 2. The minimum absolute atomic E-state index is 0.0339. The lowest BCUT2D eigenvalue weighted by Crippen LogP contribution is -2.29. The third-order valence-corrected chi connectivity index (χ3v) is 6.79. The number of likely N-dealkylation sites (N-methyl/N-ethyl adjacent to an activating group) is 1. The molecule has 1 unspecified atom stereocenters. The topological polar surface area (TPSA) is 85.9 Å². The second-order valence-electron chi connectivity index (χ2n) is 8.89. The molecule has 1 fully saturated rings. The van der Waals surface area contributed by atoms with E-state index in [2.05, 4.69) is 4.98 Å². The first-order valence-corrected chi connectivity index (χ1v) is 11.5. The van der Waals surface area contributed by atoms with Crippen LogP contribution in [0.3, 0.4) is 0 Å². The number of H-pyrrole nitrogens is 1. The SMILES string of the molecule is CN1CCOc2ccc(/C(O)=C3\C(=O)C(=O)N(c4ccc(F)cc4)C3c3c[nH]c4ccccc34)cc21. The number of aromatic amines is 1. The lowest BCUT2D eigenvalue weighted by molar-refractivity contribution is -0.132. The maximum atomic E-state index is 13.7. The van der Waals surface area contributed by atoms with Crippen LogP contribution < -0.4 is 14.5 Å². The van der Waals surface area contributed by atoms with E-state index in [-0.39, 0.29) is 11.3 Å². The average Bonchev–Trinajstić information content (AvgIpc) is 3.43. The van der Waals surface area contributed by atoms with Gasteiger partial charge in [0.2, 0.25) is 0 Å². The summed E-state index contributed by atoms with van der Waals surface area (Å²) in [6.07, 6.45) is 1.74. The molecule has 1 aromatic heterocycles. The number of benzene rings is 3. The first-order chi connectivity index (χ1) is 17.4. The van der Waals surface area contributed by atoms with Gasteiger partial charge in [-0.3, -0.25) is 14.5 Å². The summed E-state index contributed by atoms with van der Waals surface area (Å²) in [5, 5.41) is 12.3. The minimum Gasteiger partial charge on any atom is -0.507 e. The molecule has 1 saturated heterocycles. The van der Waals surface area contributed by atoms with Gasteiger partial charge in [-0.2, -0.15) is 0 Å². The molecule has 0 bridgehead atoms. The van der Waals surface area contributed by atoms with E-state index in [0.29, 0.717) is 35.7 Å². The molecule has 3 aromatic carbocycles. The molecule has 0 saturated carbocycles. The molecule has 8 heteroatoms. The van der Waals surface area contributed by atoms with Crippen molar-refractivity contribution in [2.75, 3.05) is 30.0 Å². The van der Waals surface area contributed by atoms with E-state index in [4.69, 9.17) is 4.74 Å². The van der Waals surface area contributed by atoms with Gasteiger partial charge in [-0.15, -0.1) is 0 Å². The zero-order valence-electron chi connectivity index (χ0n) is 19.4. The van der Waals surface area contributed by atoms with Crippen molar-refractivity contribution in [1.29, 1.82) is 0 Å². The monoisotopic (exact) mass is 483 g/mol. The van der Waals surface area contributed by atoms with Gasteiger partial charge in [0.25, 0.3) is 11.7 Å². The normalized spacial score (nSPS) is 19.0. The molecule has 0 radical (unpaired) electrons. The van der Waals surface area contributed by atoms with Gasteiger partial charge in [-0.05, 0) is 48.5 Å². The molecule has 2 aliphatic heterocycles. The van der Waals surface area contributed by atoms with Gasteiger partial charge in [-0.25, -0.2) is 4.39 Å². The van der Waals surface area contributed by atoms with Gasteiger partial charge in [0.1, 0.15) is 23.9 Å². The first kappa shape index (κ1) is 21.9. The molecule has 4 aromatic rings. The Bertz CT molecular complexity index is 1560. The van der Waals surface area contributed by atoms with E-state index < -0.39 is 23.5 Å². The third kappa shape index (κ3) is 3.33. The van der Waals surface area contributed by atoms with E-state index in [1.807, 2.05) is 36.2 Å². The Balaban J connectivity index is 1.58. The van der Waals surface area contributed by atoms with Gasteiger partial charge in [0.15, 0.2) is 0 Å². The zero-order valence-corrected chi connectivity index (χ0v) is 19.4. The number of aliphatic hydroxyl groups is 1. The minimum atomic E-state index is -0.920. The molecule has 36 heavy (non-hydrogen) atoms. The van der Waals surface area contributed by atoms with Crippen LogP contribution in [0, 0.1) is 5.82 Å². The third-order valence-electron chi connectivity index (χ3n) is 6.79. The van der Waals surface area contributed by atoms with Crippen LogP contribution in [0.4, 0.5) is 15.8 Å². The smallest absolute Gasteiger partial charge is 0.300 e. The maximum absolute atomic E-state index is 13.7. The number of hydrogen-bond acceptors (Lipinski definition) is 5. The van der Waals surface area contributed by atoms with Crippen molar-refractivity contribution in [2.24, 2.45) is 0 Å². The number of halogens is 1. The number of Topliss-reactive ketones (excluding diaryl/α,β-unsaturated/α-hetero) is 1. The predicted octanol–water partition coefficient (Wildman–Crippen LogP) is 4.76. The van der Waals surface area contributed by atoms with Crippen molar-refractivity contribution in [3.8, 4) is 5.75 Å². The molecule has 0 aliphatic carbocycles. The highest BCUT2D eigenvalue weighted by Gasteiger charge is 2.47. The summed E-state index contributed by atoms with van der Waals surface area (Å²) in [7, 11) is 1.92. The summed E-state index contributed by atoms with van der Waals surface area (Å²) >= 11 is 0. The second kappa shape index (κ2) is 8.27. The Morgan fingerprint density at radius 1 is 1.08 bits per heavy atom. The molecule has 1 atom stereocenters. The Morgan fingerprint density at radius 2 is 1.86 bits per heavy atom. The summed E-state index contributed by atoms with van der Waals surface area (Å²) in [5.41, 5.74) is 2.97. The van der Waals surface area contributed by atoms with Crippen molar-refractivity contribution in [3.63, 3.8) is 0 Å². The molecule has 180 valence electrons. The summed E-state index contributed by atoms with van der Waals surface area (Å²) in [5.74, 6) is -1.67. The van der Waals surface area contributed by atoms with Gasteiger partial charge < -0.3 is 19.7 Å². The lowest BCUT2D eigenvalue weighted by Gasteiger charge is -2.28. The highest BCUT2D eigenvalue weighted by atomic mass is 19.1. The van der Waals surface area contributed by atoms with Crippen molar-refractivity contribution >= 4 is 39.7 Å². The average molecular weight is 483 g/mol. The number of amides is 1. The number of fused-ring (bicyclic) bond motifs is 2. The predicted molar refractivity (Wildman–Crippen MR) is 135 cm³/mol. The number of nitrogens with zero attached hydrogens (tertiary/aromatic N) is 2. The Hall–Kier alpha value is -4.59. The van der Waals surface area contributed by atoms with Crippen LogP contribution in [0.1, 0.15) is 17.2 Å². The molecule has 1 amide bonds. The van der Waals surface area contributed by atoms with Crippen LogP contribution in [-0.4, -0.2) is 42.0 Å². The van der Waals surface area contributed by atoms with E-state index in [1.54, 1.807) is 24.4 Å². The number of ketones is 1. The Labute approximate surface area is 206 Å². The number of aromatic nitrogens is 1. The summed E-state index contributed by atoms with van der Waals surface area (Å²) in [6, 6.07) is 17.1. The van der Waals surface area contributed by atoms with Crippen LogP contribution in [0.2, 0.25) is 0 Å². The summed E-state index contributed by atoms with van der Waals surface area (Å²) < 4.78 is 19.4. The fourth-order valence-corrected chi connectivity index (χ4v) is 4.97. The number of aliphatic hydroxyl groups excluding tert-OH is 1. The molecular formula is C28H22FN3O4. The van der Waals surface area contributed by atoms with Crippen LogP contribution in [-0.2, 0) is 9.59 Å². The van der Waals surface area contributed by atoms with E-state index >= 15 is 0 Å². The molecule has 2 N–H and O–H groups in total. The van der Waals surface area contributed by atoms with Gasteiger partial charge in [0, 0.05) is 41.0 Å². The van der Waals surface area contributed by atoms with Crippen LogP contribution >= 0.6 is 0 Å². The van der Waals surface area contributed by atoms with Crippen molar-refractivity contribution < 1.29 is 23.8 Å². The van der Waals surface area contributed by atoms with Crippen LogP contribution in [0.15, 0.2) is 78.5 Å². The molecular weight excluding hydrogens is 461 g/mol. The number of hydrogen-bond donors (Lipinski definition) is 2. The van der Waals surface area contributed by atoms with Crippen LogP contribution in [0.25, 0.3) is 16.7 Å². The largest absolute Gasteiger partial charge is 0.507 e. The summed E-state index contributed by atoms with van der Waals surface area (Å²) in [6.45, 7) is 1.24. The second-order valence-corrected chi connectivity index (χ2v) is 8.89. The lowest BCUT2D eigenvalue weighted by atomic mass is 9.94. The van der Waals surface area contributed by atoms with Crippen molar-refractivity contribution in [1.82, 2.24) is 4.98 Å².